The molecule has 3 nitrogen and oxygen atoms in total. The van der Waals surface area contributed by atoms with Crippen molar-refractivity contribution in [2.75, 3.05) is 11.6 Å². The molecule has 4 rings (SSSR count). The van der Waals surface area contributed by atoms with Gasteiger partial charge in [0.2, 0.25) is 0 Å². The molecule has 1 aliphatic heterocycles. The number of rotatable bonds is 2. The van der Waals surface area contributed by atoms with Crippen LogP contribution in [0.2, 0.25) is 0 Å². The van der Waals surface area contributed by atoms with Crippen LogP contribution < -0.4 is 10.9 Å². The van der Waals surface area contributed by atoms with Gasteiger partial charge in [0, 0.05) is 12.2 Å². The molecule has 0 spiro atoms. The second-order valence-electron chi connectivity index (χ2n) is 5.47. The zero-order valence-corrected chi connectivity index (χ0v) is 11.4. The van der Waals surface area contributed by atoms with Gasteiger partial charge in [0.25, 0.3) is 0 Å². The van der Waals surface area contributed by atoms with Crippen molar-refractivity contribution in [3.63, 3.8) is 0 Å². The van der Waals surface area contributed by atoms with Crippen molar-refractivity contribution in [2.45, 2.75) is 25.5 Å². The Kier molecular flexibility index (Phi) is 2.76. The van der Waals surface area contributed by atoms with E-state index in [4.69, 9.17) is 10.6 Å². The molecule has 1 fully saturated rings. The average Bonchev–Trinajstić information content (AvgIpc) is 2.52. The van der Waals surface area contributed by atoms with Gasteiger partial charge in [0.15, 0.2) is 0 Å². The Morgan fingerprint density at radius 3 is 2.55 bits per heavy atom. The maximum Gasteiger partial charge on any atom is 0.144 e. The van der Waals surface area contributed by atoms with Gasteiger partial charge < -0.3 is 4.74 Å². The number of hydrogen-bond acceptors (Lipinski definition) is 3. The third-order valence-corrected chi connectivity index (χ3v) is 4.27. The van der Waals surface area contributed by atoms with Crippen LogP contribution in [0, 0.1) is 0 Å². The fraction of sp³-hybridized carbons (Fsp3) is 0.294. The molecular formula is C17H18N2O. The Labute approximate surface area is 118 Å². The molecule has 2 aromatic rings. The average molecular weight is 266 g/mol. The zero-order chi connectivity index (χ0) is 13.5. The van der Waals surface area contributed by atoms with E-state index in [0.29, 0.717) is 0 Å². The molecule has 2 aromatic carbocycles. The van der Waals surface area contributed by atoms with Crippen LogP contribution >= 0.6 is 0 Å². The SMILES string of the molecule is NN(c1cccc2c1-c1ccccc1-2)C1CCCCO1. The van der Waals surface area contributed by atoms with E-state index in [9.17, 15) is 0 Å². The van der Waals surface area contributed by atoms with E-state index in [1.165, 1.54) is 28.7 Å². The summed E-state index contributed by atoms with van der Waals surface area (Å²) in [5, 5.41) is 1.81. The van der Waals surface area contributed by atoms with Gasteiger partial charge >= 0.3 is 0 Å². The summed E-state index contributed by atoms with van der Waals surface area (Å²) in [6, 6.07) is 14.8. The normalized spacial score (nSPS) is 19.8. The summed E-state index contributed by atoms with van der Waals surface area (Å²) in [4.78, 5) is 0. The molecule has 102 valence electrons. The van der Waals surface area contributed by atoms with Crippen molar-refractivity contribution in [3.8, 4) is 22.3 Å². The van der Waals surface area contributed by atoms with Crippen molar-refractivity contribution in [1.82, 2.24) is 0 Å². The van der Waals surface area contributed by atoms with Gasteiger partial charge in [-0.15, -0.1) is 0 Å². The van der Waals surface area contributed by atoms with Crippen LogP contribution in [0.25, 0.3) is 22.3 Å². The monoisotopic (exact) mass is 266 g/mol. The third-order valence-electron chi connectivity index (χ3n) is 4.27. The predicted molar refractivity (Wildman–Crippen MR) is 81.1 cm³/mol. The molecule has 1 atom stereocenters. The van der Waals surface area contributed by atoms with Crippen LogP contribution in [0.5, 0.6) is 0 Å². The van der Waals surface area contributed by atoms with E-state index in [-0.39, 0.29) is 6.23 Å². The first-order valence-electron chi connectivity index (χ1n) is 7.24. The molecule has 3 heteroatoms. The number of ether oxygens (including phenoxy) is 1. The molecule has 0 saturated carbocycles. The summed E-state index contributed by atoms with van der Waals surface area (Å²) in [5.74, 6) is 6.34. The lowest BCUT2D eigenvalue weighted by Gasteiger charge is -2.36. The lowest BCUT2D eigenvalue weighted by Crippen LogP contribution is -2.45. The first-order valence-corrected chi connectivity index (χ1v) is 7.24. The van der Waals surface area contributed by atoms with Crippen LogP contribution in [-0.2, 0) is 4.74 Å². The van der Waals surface area contributed by atoms with Crippen LogP contribution in [-0.4, -0.2) is 12.8 Å². The molecule has 2 N–H and O–H groups in total. The molecule has 0 bridgehead atoms. The van der Waals surface area contributed by atoms with Gasteiger partial charge in [-0.1, -0.05) is 36.4 Å². The lowest BCUT2D eigenvalue weighted by molar-refractivity contribution is 0.0142. The molecule has 20 heavy (non-hydrogen) atoms. The third kappa shape index (κ3) is 1.67. The van der Waals surface area contributed by atoms with Gasteiger partial charge in [0.05, 0.1) is 5.69 Å². The van der Waals surface area contributed by atoms with E-state index in [1.54, 1.807) is 0 Å². The van der Waals surface area contributed by atoms with Gasteiger partial charge in [-0.2, -0.15) is 0 Å². The summed E-state index contributed by atoms with van der Waals surface area (Å²) in [6.45, 7) is 0.810. The standard InChI is InChI=1S/C17H18N2O/c18-19(16-10-3-4-11-20-16)15-9-5-8-14-12-6-1-2-7-13(12)17(14)15/h1-2,5-9,16H,3-4,10-11,18H2. The van der Waals surface area contributed by atoms with Gasteiger partial charge in [-0.25, -0.2) is 5.84 Å². The summed E-state index contributed by atoms with van der Waals surface area (Å²) in [6.07, 6.45) is 3.33. The van der Waals surface area contributed by atoms with Crippen molar-refractivity contribution < 1.29 is 4.74 Å². The van der Waals surface area contributed by atoms with Crippen LogP contribution in [0.1, 0.15) is 19.3 Å². The maximum atomic E-state index is 6.34. The van der Waals surface area contributed by atoms with Gasteiger partial charge in [-0.05, 0) is 42.0 Å². The minimum absolute atomic E-state index is 0.00279. The highest BCUT2D eigenvalue weighted by molar-refractivity contribution is 6.07. The Morgan fingerprint density at radius 2 is 1.75 bits per heavy atom. The van der Waals surface area contributed by atoms with Crippen molar-refractivity contribution in [1.29, 1.82) is 0 Å². The van der Waals surface area contributed by atoms with Crippen molar-refractivity contribution >= 4 is 5.69 Å². The maximum absolute atomic E-state index is 6.34. The van der Waals surface area contributed by atoms with E-state index in [0.717, 1.165) is 25.1 Å². The van der Waals surface area contributed by atoms with Gasteiger partial charge in [-0.3, -0.25) is 5.01 Å². The first-order chi connectivity index (χ1) is 9.86. The minimum Gasteiger partial charge on any atom is -0.357 e. The molecular weight excluding hydrogens is 248 g/mol. The van der Waals surface area contributed by atoms with Crippen LogP contribution in [0.15, 0.2) is 42.5 Å². The Hall–Kier alpha value is -1.84. The Morgan fingerprint density at radius 1 is 0.950 bits per heavy atom. The predicted octanol–water partition coefficient (Wildman–Crippen LogP) is 3.54. The number of nitrogens with two attached hydrogens (primary N) is 1. The summed E-state index contributed by atoms with van der Waals surface area (Å²) >= 11 is 0. The first kappa shape index (κ1) is 11.9. The molecule has 1 unspecified atom stereocenters. The van der Waals surface area contributed by atoms with Crippen molar-refractivity contribution in [3.05, 3.63) is 42.5 Å². The van der Waals surface area contributed by atoms with Gasteiger partial charge in [0.1, 0.15) is 6.23 Å². The second kappa shape index (κ2) is 4.62. The zero-order valence-electron chi connectivity index (χ0n) is 11.4. The highest BCUT2D eigenvalue weighted by Gasteiger charge is 2.29. The highest BCUT2D eigenvalue weighted by atomic mass is 16.5. The smallest absolute Gasteiger partial charge is 0.144 e. The van der Waals surface area contributed by atoms with E-state index in [1.807, 2.05) is 5.01 Å². The Bertz CT molecular complexity index is 647. The molecule has 1 heterocycles. The van der Waals surface area contributed by atoms with Crippen LogP contribution in [0.3, 0.4) is 0 Å². The van der Waals surface area contributed by atoms with Crippen molar-refractivity contribution in [2.24, 2.45) is 5.84 Å². The number of benzene rings is 2. The Balaban J connectivity index is 1.72. The largest absolute Gasteiger partial charge is 0.357 e. The van der Waals surface area contributed by atoms with E-state index in [2.05, 4.69) is 42.5 Å². The number of hydrazine groups is 1. The number of anilines is 1. The summed E-state index contributed by atoms with van der Waals surface area (Å²) < 4.78 is 5.80. The second-order valence-corrected chi connectivity index (χ2v) is 5.47. The molecule has 1 saturated heterocycles. The van der Waals surface area contributed by atoms with Crippen LogP contribution in [0.4, 0.5) is 5.69 Å². The summed E-state index contributed by atoms with van der Waals surface area (Å²) in [5.41, 5.74) is 6.25. The number of nitrogens with zero attached hydrogens (tertiary/aromatic N) is 1. The van der Waals surface area contributed by atoms with E-state index >= 15 is 0 Å². The lowest BCUT2D eigenvalue weighted by atomic mass is 9.79. The number of hydrogen-bond donors (Lipinski definition) is 1. The fourth-order valence-corrected chi connectivity index (χ4v) is 3.23. The molecule has 1 aliphatic carbocycles. The topological polar surface area (TPSA) is 38.5 Å². The van der Waals surface area contributed by atoms with E-state index < -0.39 is 0 Å². The molecule has 0 aromatic heterocycles. The highest BCUT2D eigenvalue weighted by Crippen LogP contribution is 2.51. The molecule has 0 radical (unpaired) electrons. The number of fused-ring (bicyclic) bond motifs is 4. The molecule has 2 aliphatic rings. The fourth-order valence-electron chi connectivity index (χ4n) is 3.23. The molecule has 0 amide bonds. The minimum atomic E-state index is 0.00279. The summed E-state index contributed by atoms with van der Waals surface area (Å²) in [7, 11) is 0. The quantitative estimate of drug-likeness (QED) is 0.569.